The van der Waals surface area contributed by atoms with Gasteiger partial charge in [0.25, 0.3) is 0 Å². The SMILES string of the molecule is CC(=N)N=C/C(C=O)=C/O. The predicted molar refractivity (Wildman–Crippen MR) is 38.7 cm³/mol. The minimum atomic E-state index is 0.0478. The Morgan fingerprint density at radius 1 is 1.70 bits per heavy atom. The number of carbonyl (C=O) groups excluding carboxylic acids is 1. The lowest BCUT2D eigenvalue weighted by atomic mass is 10.4. The quantitative estimate of drug-likeness (QED) is 0.195. The number of rotatable bonds is 2. The van der Waals surface area contributed by atoms with Gasteiger partial charge in [-0.05, 0) is 6.92 Å². The zero-order valence-electron chi connectivity index (χ0n) is 5.53. The maximum atomic E-state index is 9.96. The van der Waals surface area contributed by atoms with Crippen molar-refractivity contribution in [2.24, 2.45) is 4.99 Å². The summed E-state index contributed by atoms with van der Waals surface area (Å²) in [6.45, 7) is 1.47. The molecule has 0 atom stereocenters. The molecule has 0 fully saturated rings. The molecule has 0 unspecified atom stereocenters. The van der Waals surface area contributed by atoms with Crippen LogP contribution in [-0.2, 0) is 4.79 Å². The van der Waals surface area contributed by atoms with E-state index < -0.39 is 0 Å². The topological polar surface area (TPSA) is 73.5 Å². The van der Waals surface area contributed by atoms with Gasteiger partial charge in [0.2, 0.25) is 0 Å². The van der Waals surface area contributed by atoms with Gasteiger partial charge in [-0.3, -0.25) is 10.2 Å². The number of nitrogens with zero attached hydrogens (tertiary/aromatic N) is 1. The van der Waals surface area contributed by atoms with Gasteiger partial charge in [0.15, 0.2) is 6.29 Å². The minimum absolute atomic E-state index is 0.0478. The standard InChI is InChI=1S/C6H8N2O2/c1-5(7)8-2-6(3-9)4-10/h2-4,7,9H,1H3/b6-3-,7-5?,8-2?. The Balaban J connectivity index is 4.11. The molecule has 54 valence electrons. The van der Waals surface area contributed by atoms with Crippen LogP contribution in [0, 0.1) is 5.41 Å². The normalized spacial score (nSPS) is 11.9. The summed E-state index contributed by atoms with van der Waals surface area (Å²) >= 11 is 0. The van der Waals surface area contributed by atoms with E-state index in [-0.39, 0.29) is 11.4 Å². The van der Waals surface area contributed by atoms with Crippen LogP contribution in [0.25, 0.3) is 0 Å². The first kappa shape index (κ1) is 8.55. The molecule has 0 rings (SSSR count). The fourth-order valence-electron chi connectivity index (χ4n) is 0.266. The maximum Gasteiger partial charge on any atom is 0.154 e. The molecule has 0 saturated heterocycles. The highest BCUT2D eigenvalue weighted by Crippen LogP contribution is 1.82. The average Bonchev–Trinajstić information content (AvgIpc) is 1.90. The maximum absolute atomic E-state index is 9.96. The van der Waals surface area contributed by atoms with Gasteiger partial charge in [-0.2, -0.15) is 0 Å². The van der Waals surface area contributed by atoms with Crippen molar-refractivity contribution < 1.29 is 9.90 Å². The van der Waals surface area contributed by atoms with Gasteiger partial charge in [0.05, 0.1) is 11.8 Å². The second-order valence-corrected chi connectivity index (χ2v) is 1.59. The van der Waals surface area contributed by atoms with Crippen LogP contribution in [0.2, 0.25) is 0 Å². The molecule has 0 aliphatic carbocycles. The summed E-state index contributed by atoms with van der Waals surface area (Å²) < 4.78 is 0. The molecule has 0 aromatic carbocycles. The number of hydrogen-bond donors (Lipinski definition) is 2. The molecule has 0 saturated carbocycles. The molecule has 0 aromatic rings. The van der Waals surface area contributed by atoms with E-state index >= 15 is 0 Å². The summed E-state index contributed by atoms with van der Waals surface area (Å²) in [6, 6.07) is 0. The highest BCUT2D eigenvalue weighted by atomic mass is 16.2. The van der Waals surface area contributed by atoms with Crippen molar-refractivity contribution in [2.45, 2.75) is 6.92 Å². The number of aliphatic hydroxyl groups is 1. The summed E-state index contributed by atoms with van der Waals surface area (Å²) in [7, 11) is 0. The number of carbonyl (C=O) groups is 1. The van der Waals surface area contributed by atoms with Crippen LogP contribution >= 0.6 is 0 Å². The van der Waals surface area contributed by atoms with Crippen LogP contribution in [0.5, 0.6) is 0 Å². The first-order chi connectivity index (χ1) is 4.70. The van der Waals surface area contributed by atoms with Crippen molar-refractivity contribution in [2.75, 3.05) is 0 Å². The Morgan fingerprint density at radius 3 is 2.60 bits per heavy atom. The minimum Gasteiger partial charge on any atom is -0.515 e. The molecule has 0 spiro atoms. The number of aliphatic imine (C=N–C) groups is 1. The lowest BCUT2D eigenvalue weighted by Crippen LogP contribution is -1.89. The molecule has 2 N–H and O–H groups in total. The smallest absolute Gasteiger partial charge is 0.154 e. The predicted octanol–water partition coefficient (Wildman–Crippen LogP) is 0.695. The van der Waals surface area contributed by atoms with Crippen LogP contribution in [0.3, 0.4) is 0 Å². The van der Waals surface area contributed by atoms with Crippen molar-refractivity contribution in [3.63, 3.8) is 0 Å². The lowest BCUT2D eigenvalue weighted by Gasteiger charge is -1.84. The molecule has 0 bridgehead atoms. The molecule has 0 amide bonds. The van der Waals surface area contributed by atoms with Crippen LogP contribution in [0.1, 0.15) is 6.92 Å². The number of nitrogens with one attached hydrogen (secondary N) is 1. The summed E-state index contributed by atoms with van der Waals surface area (Å²) in [5.41, 5.74) is 0.0478. The van der Waals surface area contributed by atoms with Crippen molar-refractivity contribution in [3.8, 4) is 0 Å². The molecular weight excluding hydrogens is 132 g/mol. The van der Waals surface area contributed by atoms with Gasteiger partial charge < -0.3 is 5.11 Å². The molecule has 10 heavy (non-hydrogen) atoms. The van der Waals surface area contributed by atoms with E-state index in [1.165, 1.54) is 6.92 Å². The van der Waals surface area contributed by atoms with Crippen molar-refractivity contribution in [1.29, 1.82) is 5.41 Å². The summed E-state index contributed by atoms with van der Waals surface area (Å²) in [5.74, 6) is 0.0844. The fraction of sp³-hybridized carbons (Fsp3) is 0.167. The molecule has 4 nitrogen and oxygen atoms in total. The molecule has 0 aliphatic rings. The van der Waals surface area contributed by atoms with Crippen molar-refractivity contribution >= 4 is 18.3 Å². The Labute approximate surface area is 58.4 Å². The second-order valence-electron chi connectivity index (χ2n) is 1.59. The molecule has 0 heterocycles. The van der Waals surface area contributed by atoms with Gasteiger partial charge in [-0.25, -0.2) is 4.99 Å². The highest BCUT2D eigenvalue weighted by Gasteiger charge is 1.86. The van der Waals surface area contributed by atoms with Gasteiger partial charge in [0.1, 0.15) is 5.84 Å². The molecule has 0 radical (unpaired) electrons. The number of aldehydes is 1. The van der Waals surface area contributed by atoms with Crippen molar-refractivity contribution in [3.05, 3.63) is 11.8 Å². The van der Waals surface area contributed by atoms with Gasteiger partial charge in [-0.15, -0.1) is 0 Å². The molecule has 0 aliphatic heterocycles. The third kappa shape index (κ3) is 3.54. The summed E-state index contributed by atoms with van der Waals surface area (Å²) in [6.07, 6.45) is 2.21. The Bertz CT molecular complexity index is 194. The van der Waals surface area contributed by atoms with Crippen LogP contribution in [0.15, 0.2) is 16.8 Å². The third-order valence-corrected chi connectivity index (χ3v) is 0.692. The van der Waals surface area contributed by atoms with Gasteiger partial charge in [0, 0.05) is 6.21 Å². The first-order valence-corrected chi connectivity index (χ1v) is 2.59. The van der Waals surface area contributed by atoms with E-state index in [1.807, 2.05) is 0 Å². The number of amidine groups is 1. The molecule has 0 aromatic heterocycles. The van der Waals surface area contributed by atoms with Crippen molar-refractivity contribution in [1.82, 2.24) is 0 Å². The van der Waals surface area contributed by atoms with E-state index in [0.29, 0.717) is 12.5 Å². The fourth-order valence-corrected chi connectivity index (χ4v) is 0.266. The molecule has 4 heteroatoms. The molecular formula is C6H8N2O2. The Kier molecular flexibility index (Phi) is 3.79. The van der Waals surface area contributed by atoms with Crippen LogP contribution in [0.4, 0.5) is 0 Å². The monoisotopic (exact) mass is 140 g/mol. The second kappa shape index (κ2) is 4.43. The third-order valence-electron chi connectivity index (χ3n) is 0.692. The Hall–Kier alpha value is -1.45. The Morgan fingerprint density at radius 2 is 2.30 bits per heavy atom. The highest BCUT2D eigenvalue weighted by molar-refractivity contribution is 6.05. The van der Waals surface area contributed by atoms with Crippen LogP contribution < -0.4 is 0 Å². The van der Waals surface area contributed by atoms with Crippen LogP contribution in [-0.4, -0.2) is 23.4 Å². The van der Waals surface area contributed by atoms with Gasteiger partial charge in [-0.1, -0.05) is 0 Å². The van der Waals surface area contributed by atoms with Gasteiger partial charge >= 0.3 is 0 Å². The number of aliphatic hydroxyl groups excluding tert-OH is 1. The summed E-state index contributed by atoms with van der Waals surface area (Å²) in [4.78, 5) is 13.4. The zero-order valence-corrected chi connectivity index (χ0v) is 5.53. The van der Waals surface area contributed by atoms with E-state index in [4.69, 9.17) is 10.5 Å². The zero-order chi connectivity index (χ0) is 7.98. The lowest BCUT2D eigenvalue weighted by molar-refractivity contribution is -0.104. The van der Waals surface area contributed by atoms with E-state index in [2.05, 4.69) is 4.99 Å². The largest absolute Gasteiger partial charge is 0.515 e. The van der Waals surface area contributed by atoms with E-state index in [9.17, 15) is 4.79 Å². The number of hydrogen-bond acceptors (Lipinski definition) is 3. The first-order valence-electron chi connectivity index (χ1n) is 2.59. The number of allylic oxidation sites excluding steroid dienone is 1. The average molecular weight is 140 g/mol. The van der Waals surface area contributed by atoms with E-state index in [0.717, 1.165) is 6.21 Å². The van der Waals surface area contributed by atoms with E-state index in [1.54, 1.807) is 0 Å². The summed E-state index contributed by atoms with van der Waals surface area (Å²) in [5, 5.41) is 15.1.